The summed E-state index contributed by atoms with van der Waals surface area (Å²) in [6.45, 7) is 12.1. The number of hydrogen-bond acceptors (Lipinski definition) is 5. The minimum Gasteiger partial charge on any atom is -0.416 e. The van der Waals surface area contributed by atoms with E-state index in [9.17, 15) is 9.59 Å². The van der Waals surface area contributed by atoms with Gasteiger partial charge < -0.3 is 9.33 Å². The summed E-state index contributed by atoms with van der Waals surface area (Å²) in [7, 11) is -2.04. The molecule has 0 spiro atoms. The zero-order valence-electron chi connectivity index (χ0n) is 21.7. The molecule has 1 fully saturated rings. The molecule has 2 aromatic rings. The first-order valence-corrected chi connectivity index (χ1v) is 15.6. The molecule has 6 nitrogen and oxygen atoms in total. The van der Waals surface area contributed by atoms with Gasteiger partial charge in [0.1, 0.15) is 0 Å². The molecule has 2 aliphatic heterocycles. The Morgan fingerprint density at radius 3 is 2.17 bits per heavy atom. The molecular weight excluding hydrogens is 466 g/mol. The van der Waals surface area contributed by atoms with Gasteiger partial charge in [0.25, 0.3) is 0 Å². The van der Waals surface area contributed by atoms with Crippen molar-refractivity contribution in [2.24, 2.45) is 22.7 Å². The number of benzene rings is 2. The number of para-hydroxylation sites is 1. The second-order valence-electron chi connectivity index (χ2n) is 11.6. The number of amides is 2. The Morgan fingerprint density at radius 1 is 0.917 bits per heavy atom. The van der Waals surface area contributed by atoms with Crippen LogP contribution in [0.15, 0.2) is 77.4 Å². The maximum absolute atomic E-state index is 14.0. The van der Waals surface area contributed by atoms with E-state index in [1.54, 1.807) is 0 Å². The molecule has 0 bridgehead atoms. The van der Waals surface area contributed by atoms with Gasteiger partial charge >= 0.3 is 0 Å². The van der Waals surface area contributed by atoms with Crippen LogP contribution >= 0.6 is 0 Å². The molecule has 36 heavy (non-hydrogen) atoms. The quantitative estimate of drug-likeness (QED) is 0.401. The van der Waals surface area contributed by atoms with Crippen molar-refractivity contribution in [1.29, 1.82) is 0 Å². The number of fused-ring (bicyclic) bond motifs is 3. The van der Waals surface area contributed by atoms with Crippen LogP contribution in [0.5, 0.6) is 0 Å². The van der Waals surface area contributed by atoms with Gasteiger partial charge in [0, 0.05) is 19.1 Å². The highest BCUT2D eigenvalue weighted by Crippen LogP contribution is 2.47. The summed E-state index contributed by atoms with van der Waals surface area (Å²) in [5.74, 6) is -1.46. The van der Waals surface area contributed by atoms with E-state index in [0.29, 0.717) is 18.8 Å². The fourth-order valence-corrected chi connectivity index (χ4v) is 6.29. The predicted molar refractivity (Wildman–Crippen MR) is 145 cm³/mol. The van der Waals surface area contributed by atoms with Gasteiger partial charge in [-0.05, 0) is 35.8 Å². The summed E-state index contributed by atoms with van der Waals surface area (Å²) in [5, 5.41) is 0.0559. The molecule has 1 aliphatic carbocycles. The van der Waals surface area contributed by atoms with Gasteiger partial charge in [0.05, 0.1) is 35.6 Å². The average Bonchev–Trinajstić information content (AvgIpc) is 3.35. The van der Waals surface area contributed by atoms with Crippen LogP contribution in [0.4, 0.5) is 5.69 Å². The van der Waals surface area contributed by atoms with Crippen molar-refractivity contribution in [3.8, 4) is 0 Å². The molecule has 5 rings (SSSR count). The monoisotopic (exact) mass is 501 g/mol. The number of carbonyl (C=O) groups is 2. The van der Waals surface area contributed by atoms with Gasteiger partial charge in [0.2, 0.25) is 11.8 Å². The van der Waals surface area contributed by atoms with Gasteiger partial charge in [-0.3, -0.25) is 9.59 Å². The smallest absolute Gasteiger partial charge is 0.240 e. The molecule has 2 heterocycles. The van der Waals surface area contributed by atoms with Crippen LogP contribution in [0, 0.1) is 17.8 Å². The van der Waals surface area contributed by atoms with Crippen molar-refractivity contribution in [3.63, 3.8) is 0 Å². The lowest BCUT2D eigenvalue weighted by Gasteiger charge is -2.40. The molecule has 4 atom stereocenters. The lowest BCUT2D eigenvalue weighted by Crippen LogP contribution is -2.48. The van der Waals surface area contributed by atoms with Crippen LogP contribution in [-0.4, -0.2) is 44.0 Å². The molecule has 1 saturated heterocycles. The normalized spacial score (nSPS) is 25.8. The molecule has 7 heteroatoms. The topological polar surface area (TPSA) is 62.2 Å². The van der Waals surface area contributed by atoms with Gasteiger partial charge in [-0.15, -0.1) is 0 Å². The number of hydrogen-bond donors (Lipinski definition) is 0. The van der Waals surface area contributed by atoms with Crippen molar-refractivity contribution in [2.75, 3.05) is 11.5 Å². The zero-order chi connectivity index (χ0) is 25.7. The summed E-state index contributed by atoms with van der Waals surface area (Å²) in [5.41, 5.74) is 2.63. The predicted octanol–water partition coefficient (Wildman–Crippen LogP) is 5.24. The Hall–Kier alpha value is -3.03. The van der Waals surface area contributed by atoms with E-state index in [2.05, 4.69) is 57.0 Å². The third-order valence-electron chi connectivity index (χ3n) is 8.26. The van der Waals surface area contributed by atoms with Crippen LogP contribution < -0.4 is 4.90 Å². The summed E-state index contributed by atoms with van der Waals surface area (Å²) in [4.78, 5) is 36.1. The van der Waals surface area contributed by atoms with E-state index in [1.807, 2.05) is 54.9 Å². The molecule has 2 amide bonds. The minimum absolute atomic E-state index is 0.0559. The minimum atomic E-state index is -2.04. The molecule has 3 unspecified atom stereocenters. The van der Waals surface area contributed by atoms with E-state index >= 15 is 0 Å². The van der Waals surface area contributed by atoms with Crippen molar-refractivity contribution in [2.45, 2.75) is 51.5 Å². The van der Waals surface area contributed by atoms with Gasteiger partial charge in [-0.25, -0.2) is 9.89 Å². The fourth-order valence-electron chi connectivity index (χ4n) is 5.25. The lowest BCUT2D eigenvalue weighted by atomic mass is 9.73. The molecule has 0 N–H and O–H groups in total. The number of aliphatic imine (C=N–C) groups is 1. The maximum atomic E-state index is 14.0. The standard InChI is InChI=1S/C29H35N3O3Si/c1-29(2,3)36(4,5)35-18-21-16-23-26(31(19-30-23)17-20-12-8-6-9-13-20)25-24(21)27(33)32(28(25)34)22-14-10-7-11-15-22/h6-16,19,21,24-26H,17-18H2,1-5H3/t21-,24?,25?,26?/m0/s1. The van der Waals surface area contributed by atoms with Crippen LogP contribution in [0.25, 0.3) is 0 Å². The average molecular weight is 502 g/mol. The molecule has 0 saturated carbocycles. The van der Waals surface area contributed by atoms with Crippen molar-refractivity contribution >= 4 is 32.2 Å². The second-order valence-corrected chi connectivity index (χ2v) is 16.4. The van der Waals surface area contributed by atoms with E-state index in [1.165, 1.54) is 4.90 Å². The second kappa shape index (κ2) is 9.12. The van der Waals surface area contributed by atoms with Gasteiger partial charge in [-0.1, -0.05) is 75.4 Å². The third kappa shape index (κ3) is 4.24. The summed E-state index contributed by atoms with van der Waals surface area (Å²) < 4.78 is 6.58. The fraction of sp³-hybridized carbons (Fsp3) is 0.414. The van der Waals surface area contributed by atoms with E-state index in [0.717, 1.165) is 11.3 Å². The number of rotatable bonds is 6. The van der Waals surface area contributed by atoms with Crippen LogP contribution in [0.3, 0.4) is 0 Å². The third-order valence-corrected chi connectivity index (χ3v) is 12.8. The number of nitrogens with zero attached hydrogens (tertiary/aromatic N) is 3. The van der Waals surface area contributed by atoms with E-state index in [-0.39, 0.29) is 28.8 Å². The number of imide groups is 1. The van der Waals surface area contributed by atoms with Gasteiger partial charge in [-0.2, -0.15) is 0 Å². The first-order valence-electron chi connectivity index (χ1n) is 12.7. The number of anilines is 1. The Morgan fingerprint density at radius 2 is 1.53 bits per heavy atom. The molecule has 0 radical (unpaired) electrons. The SMILES string of the molecule is CC(C)(C)[Si](C)(C)OC[C@@H]1C=C2N=CN(Cc3ccccc3)C2C2C(=O)N(c3ccccc3)C(=O)C21. The Kier molecular flexibility index (Phi) is 6.25. The molecule has 3 aliphatic rings. The van der Waals surface area contributed by atoms with Crippen LogP contribution in [0.1, 0.15) is 26.3 Å². The van der Waals surface area contributed by atoms with Crippen LogP contribution in [0.2, 0.25) is 18.1 Å². The number of carbonyl (C=O) groups excluding carboxylic acids is 2. The van der Waals surface area contributed by atoms with E-state index < -0.39 is 20.2 Å². The summed E-state index contributed by atoms with van der Waals surface area (Å²) in [6, 6.07) is 19.2. The molecular formula is C29H35N3O3Si. The summed E-state index contributed by atoms with van der Waals surface area (Å²) >= 11 is 0. The lowest BCUT2D eigenvalue weighted by molar-refractivity contribution is -0.123. The van der Waals surface area contributed by atoms with Crippen LogP contribution in [-0.2, 0) is 20.6 Å². The molecule has 188 valence electrons. The molecule has 0 aromatic heterocycles. The first-order chi connectivity index (χ1) is 17.1. The van der Waals surface area contributed by atoms with E-state index in [4.69, 9.17) is 9.42 Å². The Bertz CT molecular complexity index is 1200. The highest BCUT2D eigenvalue weighted by Gasteiger charge is 2.59. The van der Waals surface area contributed by atoms with Crippen molar-refractivity contribution in [1.82, 2.24) is 4.90 Å². The maximum Gasteiger partial charge on any atom is 0.240 e. The van der Waals surface area contributed by atoms with Crippen molar-refractivity contribution < 1.29 is 14.0 Å². The molecule has 2 aromatic carbocycles. The van der Waals surface area contributed by atoms with Gasteiger partial charge in [0.15, 0.2) is 8.32 Å². The zero-order valence-corrected chi connectivity index (χ0v) is 22.7. The summed E-state index contributed by atoms with van der Waals surface area (Å²) in [6.07, 6.45) is 3.93. The largest absolute Gasteiger partial charge is 0.416 e. The Labute approximate surface area is 214 Å². The first kappa shape index (κ1) is 24.7. The Balaban J connectivity index is 1.50. The highest BCUT2D eigenvalue weighted by atomic mass is 28.4. The highest BCUT2D eigenvalue weighted by molar-refractivity contribution is 6.74. The van der Waals surface area contributed by atoms with Crippen molar-refractivity contribution in [3.05, 3.63) is 78.0 Å².